The number of carbonyl (C=O) groups excluding carboxylic acids is 2. The van der Waals surface area contributed by atoms with E-state index < -0.39 is 12.1 Å². The molecule has 0 aliphatic rings. The molecule has 0 heterocycles. The minimum absolute atomic E-state index is 0.134. The van der Waals surface area contributed by atoms with Crippen LogP contribution < -0.4 is 5.11 Å². The van der Waals surface area contributed by atoms with E-state index in [0.717, 1.165) is 57.8 Å². The Labute approximate surface area is 184 Å². The van der Waals surface area contributed by atoms with Gasteiger partial charge in [0.1, 0.15) is 6.54 Å². The Kier molecular flexibility index (Phi) is 16.9. The Morgan fingerprint density at radius 1 is 0.867 bits per heavy atom. The Morgan fingerprint density at radius 2 is 1.37 bits per heavy atom. The van der Waals surface area contributed by atoms with E-state index in [-0.39, 0.29) is 18.5 Å². The summed E-state index contributed by atoms with van der Waals surface area (Å²) in [5.74, 6) is -1.51. The predicted molar refractivity (Wildman–Crippen MR) is 119 cm³/mol. The Morgan fingerprint density at radius 3 is 1.87 bits per heavy atom. The first-order valence-corrected chi connectivity index (χ1v) is 12.0. The van der Waals surface area contributed by atoms with Crippen LogP contribution in [0.4, 0.5) is 0 Å². The number of carboxylic acid groups (broad SMARTS) is 1. The summed E-state index contributed by atoms with van der Waals surface area (Å²) in [6, 6.07) is 0. The molecular formula is C24H47NO5. The molecule has 178 valence electrons. The molecule has 2 unspecified atom stereocenters. The Bertz CT molecular complexity index is 447. The molecule has 0 fully saturated rings. The van der Waals surface area contributed by atoms with Crippen LogP contribution in [0.2, 0.25) is 0 Å². The maximum Gasteiger partial charge on any atom is 0.306 e. The first-order valence-electron chi connectivity index (χ1n) is 12.0. The highest BCUT2D eigenvalue weighted by Crippen LogP contribution is 2.14. The summed E-state index contributed by atoms with van der Waals surface area (Å²) in [4.78, 5) is 22.9. The van der Waals surface area contributed by atoms with E-state index in [1.54, 1.807) is 0 Å². The van der Waals surface area contributed by atoms with Gasteiger partial charge >= 0.3 is 5.97 Å². The van der Waals surface area contributed by atoms with Gasteiger partial charge in [-0.3, -0.25) is 4.79 Å². The fourth-order valence-electron chi connectivity index (χ4n) is 3.67. The number of aliphatic carboxylic acids is 1. The predicted octanol–water partition coefficient (Wildman–Crippen LogP) is 3.59. The fourth-order valence-corrected chi connectivity index (χ4v) is 3.67. The van der Waals surface area contributed by atoms with Gasteiger partial charge < -0.3 is 24.2 Å². The molecule has 0 amide bonds. The highest BCUT2D eigenvalue weighted by Gasteiger charge is 2.22. The van der Waals surface area contributed by atoms with E-state index in [1.807, 2.05) is 21.1 Å². The molecule has 0 saturated heterocycles. The molecule has 1 N–H and O–H groups in total. The number of esters is 1. The summed E-state index contributed by atoms with van der Waals surface area (Å²) in [5, 5.41) is 20.8. The van der Waals surface area contributed by atoms with Crippen molar-refractivity contribution in [2.45, 2.75) is 115 Å². The van der Waals surface area contributed by atoms with E-state index in [4.69, 9.17) is 4.74 Å². The number of carbonyl (C=O) groups is 2. The normalized spacial score (nSPS) is 13.8. The number of likely N-dealkylation sites (N-methyl/N-ethyl adjacent to an activating group) is 1. The van der Waals surface area contributed by atoms with E-state index >= 15 is 0 Å². The lowest BCUT2D eigenvalue weighted by Gasteiger charge is -2.29. The van der Waals surface area contributed by atoms with Gasteiger partial charge in [0.05, 0.1) is 27.2 Å². The molecule has 0 aliphatic heterocycles. The van der Waals surface area contributed by atoms with Crippen molar-refractivity contribution >= 4 is 11.9 Å². The number of hydrogen-bond acceptors (Lipinski definition) is 5. The number of quaternary nitrogens is 1. The summed E-state index contributed by atoms with van der Waals surface area (Å²) in [6.45, 7) is 2.65. The van der Waals surface area contributed by atoms with Crippen molar-refractivity contribution in [2.75, 3.05) is 27.7 Å². The van der Waals surface area contributed by atoms with Gasteiger partial charge in [-0.05, 0) is 19.3 Å². The topological polar surface area (TPSA) is 86.7 Å². The molecule has 6 heteroatoms. The van der Waals surface area contributed by atoms with Crippen LogP contribution in [0.15, 0.2) is 0 Å². The van der Waals surface area contributed by atoms with E-state index in [2.05, 4.69) is 6.92 Å². The number of hydrogen-bond donors (Lipinski definition) is 1. The molecule has 0 aliphatic carbocycles. The zero-order chi connectivity index (χ0) is 22.8. The first-order chi connectivity index (χ1) is 14.1. The molecule has 6 nitrogen and oxygen atoms in total. The molecule has 0 spiro atoms. The molecule has 0 aromatic heterocycles. The fraction of sp³-hybridized carbons (Fsp3) is 0.917. The Balaban J connectivity index is 3.68. The lowest BCUT2D eigenvalue weighted by Crippen LogP contribution is -2.45. The van der Waals surface area contributed by atoms with Crippen molar-refractivity contribution in [3.05, 3.63) is 0 Å². The molecule has 0 rings (SSSR count). The lowest BCUT2D eigenvalue weighted by molar-refractivity contribution is -0.873. The van der Waals surface area contributed by atoms with Crippen LogP contribution in [0, 0.1) is 0 Å². The molecule has 0 radical (unpaired) electrons. The number of ether oxygens (including phenoxy) is 1. The number of nitrogens with zero attached hydrogens (tertiary/aromatic N) is 1. The first kappa shape index (κ1) is 28.9. The number of rotatable bonds is 20. The third-order valence-electron chi connectivity index (χ3n) is 5.25. The van der Waals surface area contributed by atoms with E-state index in [1.165, 1.54) is 25.7 Å². The van der Waals surface area contributed by atoms with Crippen molar-refractivity contribution in [3.8, 4) is 0 Å². The second-order valence-electron chi connectivity index (χ2n) is 9.68. The van der Waals surface area contributed by atoms with Gasteiger partial charge in [-0.1, -0.05) is 71.1 Å². The molecule has 0 bridgehead atoms. The molecule has 0 aromatic carbocycles. The molecule has 0 aromatic rings. The largest absolute Gasteiger partial charge is 0.550 e. The summed E-state index contributed by atoms with van der Waals surface area (Å²) in [7, 11) is 5.80. The average Bonchev–Trinajstić information content (AvgIpc) is 2.61. The third-order valence-corrected chi connectivity index (χ3v) is 5.25. The molecule has 30 heavy (non-hydrogen) atoms. The van der Waals surface area contributed by atoms with Crippen molar-refractivity contribution in [1.29, 1.82) is 0 Å². The van der Waals surface area contributed by atoms with Crippen LogP contribution in [0.1, 0.15) is 103 Å². The van der Waals surface area contributed by atoms with Crippen LogP contribution in [-0.4, -0.2) is 61.4 Å². The summed E-state index contributed by atoms with van der Waals surface area (Å²) in [6.07, 6.45) is 13.5. The summed E-state index contributed by atoms with van der Waals surface area (Å²) in [5.41, 5.74) is 0. The van der Waals surface area contributed by atoms with Gasteiger partial charge in [0.15, 0.2) is 6.10 Å². The van der Waals surface area contributed by atoms with Crippen LogP contribution in [0.3, 0.4) is 0 Å². The van der Waals surface area contributed by atoms with Gasteiger partial charge in [-0.25, -0.2) is 0 Å². The number of aliphatic hydroxyl groups is 1. The molecule has 0 saturated carbocycles. The third kappa shape index (κ3) is 20.1. The van der Waals surface area contributed by atoms with Crippen LogP contribution in [-0.2, 0) is 14.3 Å². The maximum atomic E-state index is 12.0. The van der Waals surface area contributed by atoms with Gasteiger partial charge in [-0.2, -0.15) is 0 Å². The van der Waals surface area contributed by atoms with Crippen molar-refractivity contribution in [2.24, 2.45) is 0 Å². The summed E-state index contributed by atoms with van der Waals surface area (Å²) < 4.78 is 5.89. The zero-order valence-corrected chi connectivity index (χ0v) is 20.0. The minimum atomic E-state index is -1.19. The molecule has 2 atom stereocenters. The van der Waals surface area contributed by atoms with Gasteiger partial charge in [0, 0.05) is 18.8 Å². The van der Waals surface area contributed by atoms with Gasteiger partial charge in [0.2, 0.25) is 0 Å². The second kappa shape index (κ2) is 17.5. The zero-order valence-electron chi connectivity index (χ0n) is 20.0. The number of carboxylic acids is 1. The monoisotopic (exact) mass is 429 g/mol. The second-order valence-corrected chi connectivity index (χ2v) is 9.68. The highest BCUT2D eigenvalue weighted by molar-refractivity contribution is 5.70. The standard InChI is InChI=1S/C24H47NO5/c1-5-6-7-13-16-21(26)17-14-11-9-8-10-12-15-18-24(29)30-22(19-23(27)28)20-25(2,3)4/h21-22,26H,5-20H2,1-4H3. The average molecular weight is 430 g/mol. The number of unbranched alkanes of at least 4 members (excludes halogenated alkanes) is 9. The van der Waals surface area contributed by atoms with Crippen molar-refractivity contribution in [1.82, 2.24) is 0 Å². The van der Waals surface area contributed by atoms with Gasteiger partial charge in [-0.15, -0.1) is 0 Å². The van der Waals surface area contributed by atoms with Crippen molar-refractivity contribution < 1.29 is 29.0 Å². The number of aliphatic hydroxyl groups excluding tert-OH is 1. The molecular weight excluding hydrogens is 382 g/mol. The van der Waals surface area contributed by atoms with Crippen molar-refractivity contribution in [3.63, 3.8) is 0 Å². The van der Waals surface area contributed by atoms with Crippen LogP contribution in [0.25, 0.3) is 0 Å². The van der Waals surface area contributed by atoms with E-state index in [9.17, 15) is 19.8 Å². The van der Waals surface area contributed by atoms with Gasteiger partial charge in [0.25, 0.3) is 0 Å². The highest BCUT2D eigenvalue weighted by atomic mass is 16.5. The van der Waals surface area contributed by atoms with E-state index in [0.29, 0.717) is 17.4 Å². The smallest absolute Gasteiger partial charge is 0.306 e. The van der Waals surface area contributed by atoms with Crippen LogP contribution >= 0.6 is 0 Å². The SMILES string of the molecule is CCCCCCC(O)CCCCCCCCCC(=O)OC(CC(=O)[O-])C[N+](C)(C)C. The summed E-state index contributed by atoms with van der Waals surface area (Å²) >= 11 is 0. The Hall–Kier alpha value is -1.14. The van der Waals surface area contributed by atoms with Crippen LogP contribution in [0.5, 0.6) is 0 Å². The lowest BCUT2D eigenvalue weighted by atomic mass is 10.0. The quantitative estimate of drug-likeness (QED) is 0.182. The minimum Gasteiger partial charge on any atom is -0.550 e. The maximum absolute atomic E-state index is 12.0.